The van der Waals surface area contributed by atoms with Crippen molar-refractivity contribution in [1.29, 1.82) is 0 Å². The Kier molecular flexibility index (Phi) is 4.33. The quantitative estimate of drug-likeness (QED) is 0.504. The van der Waals surface area contributed by atoms with Gasteiger partial charge in [-0.1, -0.05) is 37.8 Å². The molecule has 2 aromatic carbocycles. The summed E-state index contributed by atoms with van der Waals surface area (Å²) in [6.45, 7) is 17.3. The molecule has 28 heavy (non-hydrogen) atoms. The van der Waals surface area contributed by atoms with Crippen molar-refractivity contribution in [1.82, 2.24) is 0 Å². The highest BCUT2D eigenvalue weighted by Crippen LogP contribution is 2.48. The van der Waals surface area contributed by atoms with E-state index in [0.717, 1.165) is 40.7 Å². The number of benzene rings is 2. The lowest BCUT2D eigenvalue weighted by Gasteiger charge is -2.36. The van der Waals surface area contributed by atoms with E-state index in [1.165, 1.54) is 22.3 Å². The van der Waals surface area contributed by atoms with E-state index in [-0.39, 0.29) is 5.78 Å². The van der Waals surface area contributed by atoms with Crippen LogP contribution in [-0.4, -0.2) is 12.9 Å². The van der Waals surface area contributed by atoms with Crippen molar-refractivity contribution in [2.24, 2.45) is 5.92 Å². The van der Waals surface area contributed by atoms with E-state index in [2.05, 4.69) is 40.9 Å². The highest BCUT2D eigenvalue weighted by molar-refractivity contribution is 6.20. The molecule has 0 amide bonds. The van der Waals surface area contributed by atoms with E-state index < -0.39 is 0 Å². The first-order valence-corrected chi connectivity index (χ1v) is 10.0. The highest BCUT2D eigenvalue weighted by Gasteiger charge is 2.36. The molecule has 0 saturated heterocycles. The summed E-state index contributed by atoms with van der Waals surface area (Å²) in [6, 6.07) is 5.68. The van der Waals surface area contributed by atoms with E-state index in [1.54, 1.807) is 7.11 Å². The van der Waals surface area contributed by atoms with Gasteiger partial charge < -0.3 is 4.74 Å². The van der Waals surface area contributed by atoms with Crippen molar-refractivity contribution < 1.29 is 9.53 Å². The largest absolute Gasteiger partial charge is 0.496 e. The van der Waals surface area contributed by atoms with Gasteiger partial charge in [0, 0.05) is 16.7 Å². The smallest absolute Gasteiger partial charge is 0.194 e. The number of hydrogen-bond donors (Lipinski definition) is 0. The molecule has 0 radical (unpaired) electrons. The number of hydrogen-bond acceptors (Lipinski definition) is 2. The zero-order valence-corrected chi connectivity index (χ0v) is 17.5. The molecule has 0 aromatic heterocycles. The van der Waals surface area contributed by atoms with Gasteiger partial charge in [0.2, 0.25) is 0 Å². The Bertz CT molecular complexity index is 1050. The SMILES string of the molecule is C=C1c2c(OC)cccc2C(=O)c2c(C)c3c(c(C)c21)[C@H](C)CC(C(=C)C)C3. The molecule has 2 aliphatic carbocycles. The first-order chi connectivity index (χ1) is 13.3. The number of rotatable bonds is 2. The Labute approximate surface area is 167 Å². The fourth-order valence-electron chi connectivity index (χ4n) is 5.39. The Morgan fingerprint density at radius 3 is 2.50 bits per heavy atom. The average Bonchev–Trinajstić information content (AvgIpc) is 2.67. The third-order valence-corrected chi connectivity index (χ3v) is 6.78. The molecular weight excluding hydrogens is 344 g/mol. The lowest BCUT2D eigenvalue weighted by molar-refractivity contribution is 0.103. The van der Waals surface area contributed by atoms with Gasteiger partial charge in [-0.05, 0) is 84.9 Å². The molecule has 2 heteroatoms. The van der Waals surface area contributed by atoms with Gasteiger partial charge in [0.05, 0.1) is 7.11 Å². The van der Waals surface area contributed by atoms with Gasteiger partial charge in [-0.15, -0.1) is 0 Å². The molecule has 2 aliphatic rings. The summed E-state index contributed by atoms with van der Waals surface area (Å²) >= 11 is 0. The number of fused-ring (bicyclic) bond motifs is 3. The zero-order chi connectivity index (χ0) is 20.3. The molecular formula is C26H28O2. The molecule has 0 aliphatic heterocycles. The number of methoxy groups -OCH3 is 1. The third-order valence-electron chi connectivity index (χ3n) is 6.78. The van der Waals surface area contributed by atoms with Crippen molar-refractivity contribution in [3.05, 3.63) is 81.4 Å². The lowest BCUT2D eigenvalue weighted by Crippen LogP contribution is -2.25. The number of carbonyl (C=O) groups is 1. The number of ether oxygens (including phenoxy) is 1. The molecule has 0 spiro atoms. The minimum atomic E-state index is 0.0878. The molecule has 4 rings (SSSR count). The first kappa shape index (κ1) is 18.7. The molecule has 0 bridgehead atoms. The normalized spacial score (nSPS) is 20.3. The van der Waals surface area contributed by atoms with Crippen LogP contribution in [0.4, 0.5) is 0 Å². The average molecular weight is 373 g/mol. The van der Waals surface area contributed by atoms with Gasteiger partial charge in [-0.25, -0.2) is 0 Å². The first-order valence-electron chi connectivity index (χ1n) is 10.0. The van der Waals surface area contributed by atoms with Gasteiger partial charge in [0.1, 0.15) is 5.75 Å². The summed E-state index contributed by atoms with van der Waals surface area (Å²) in [6.07, 6.45) is 2.08. The van der Waals surface area contributed by atoms with E-state index in [0.29, 0.717) is 23.1 Å². The standard InChI is InChI=1S/C26H28O2/c1-13(2)18-11-14(3)22-16(5)23-17(6)24-19(9-8-10-21(24)28-7)26(27)25(23)15(4)20(22)12-18/h8-10,14,18H,1,6,11-12H2,2-5,7H3/t14-,18?/m1/s1. The maximum Gasteiger partial charge on any atom is 0.194 e. The highest BCUT2D eigenvalue weighted by atomic mass is 16.5. The zero-order valence-electron chi connectivity index (χ0n) is 17.5. The minimum Gasteiger partial charge on any atom is -0.496 e. The van der Waals surface area contributed by atoms with Gasteiger partial charge >= 0.3 is 0 Å². The molecule has 1 unspecified atom stereocenters. The van der Waals surface area contributed by atoms with E-state index >= 15 is 0 Å². The van der Waals surface area contributed by atoms with Crippen molar-refractivity contribution in [2.45, 2.75) is 46.5 Å². The van der Waals surface area contributed by atoms with Gasteiger partial charge in [0.15, 0.2) is 5.78 Å². The van der Waals surface area contributed by atoms with E-state index in [1.807, 2.05) is 18.2 Å². The van der Waals surface area contributed by atoms with Crippen LogP contribution in [0.3, 0.4) is 0 Å². The Morgan fingerprint density at radius 2 is 1.86 bits per heavy atom. The van der Waals surface area contributed by atoms with Crippen molar-refractivity contribution >= 4 is 11.4 Å². The maximum atomic E-state index is 13.6. The van der Waals surface area contributed by atoms with Crippen LogP contribution in [0.1, 0.15) is 75.5 Å². The van der Waals surface area contributed by atoms with Crippen LogP contribution in [0.25, 0.3) is 5.57 Å². The van der Waals surface area contributed by atoms with E-state index in [4.69, 9.17) is 4.74 Å². The number of carbonyl (C=O) groups excluding carboxylic acids is 1. The van der Waals surface area contributed by atoms with Gasteiger partial charge in [-0.2, -0.15) is 0 Å². The topological polar surface area (TPSA) is 26.3 Å². The fourth-order valence-corrected chi connectivity index (χ4v) is 5.39. The van der Waals surface area contributed by atoms with Gasteiger partial charge in [-0.3, -0.25) is 4.79 Å². The Morgan fingerprint density at radius 1 is 1.14 bits per heavy atom. The molecule has 0 N–H and O–H groups in total. The molecule has 0 heterocycles. The molecule has 2 atom stereocenters. The van der Waals surface area contributed by atoms with Gasteiger partial charge in [0.25, 0.3) is 0 Å². The predicted octanol–water partition coefficient (Wildman–Crippen LogP) is 6.16. The molecule has 2 nitrogen and oxygen atoms in total. The summed E-state index contributed by atoms with van der Waals surface area (Å²) in [7, 11) is 1.65. The van der Waals surface area contributed by atoms with Crippen LogP contribution in [0.5, 0.6) is 5.75 Å². The minimum absolute atomic E-state index is 0.0878. The molecule has 144 valence electrons. The summed E-state index contributed by atoms with van der Waals surface area (Å²) in [4.78, 5) is 13.6. The molecule has 0 fully saturated rings. The van der Waals surface area contributed by atoms with Crippen LogP contribution in [0.2, 0.25) is 0 Å². The lowest BCUT2D eigenvalue weighted by atomic mass is 9.67. The molecule has 2 aromatic rings. The summed E-state index contributed by atoms with van der Waals surface area (Å²) in [5, 5.41) is 0. The number of ketones is 1. The monoisotopic (exact) mass is 372 g/mol. The van der Waals surface area contributed by atoms with Crippen LogP contribution in [0.15, 0.2) is 36.9 Å². The Balaban J connectivity index is 2.02. The van der Waals surface area contributed by atoms with Crippen molar-refractivity contribution in [2.75, 3.05) is 7.11 Å². The van der Waals surface area contributed by atoms with E-state index in [9.17, 15) is 4.79 Å². The second-order valence-electron chi connectivity index (χ2n) is 8.47. The van der Waals surface area contributed by atoms with Crippen LogP contribution >= 0.6 is 0 Å². The maximum absolute atomic E-state index is 13.6. The summed E-state index contributed by atoms with van der Waals surface area (Å²) in [5.41, 5.74) is 10.6. The molecule has 0 saturated carbocycles. The second kappa shape index (κ2) is 6.48. The second-order valence-corrected chi connectivity index (χ2v) is 8.47. The van der Waals surface area contributed by atoms with Crippen LogP contribution in [0, 0.1) is 19.8 Å². The van der Waals surface area contributed by atoms with Crippen molar-refractivity contribution in [3.8, 4) is 5.75 Å². The Hall–Kier alpha value is -2.61. The fraction of sp³-hybridized carbons (Fsp3) is 0.346. The summed E-state index contributed by atoms with van der Waals surface area (Å²) < 4.78 is 5.57. The number of allylic oxidation sites excluding steroid dienone is 1. The van der Waals surface area contributed by atoms with Crippen LogP contribution in [-0.2, 0) is 6.42 Å². The summed E-state index contributed by atoms with van der Waals surface area (Å²) in [5.74, 6) is 1.72. The van der Waals surface area contributed by atoms with Crippen LogP contribution < -0.4 is 4.74 Å². The van der Waals surface area contributed by atoms with Crippen molar-refractivity contribution in [3.63, 3.8) is 0 Å². The predicted molar refractivity (Wildman–Crippen MR) is 116 cm³/mol. The third kappa shape index (κ3) is 2.44.